The molecule has 2 aromatic rings. The quantitative estimate of drug-likeness (QED) is 0.783. The van der Waals surface area contributed by atoms with Gasteiger partial charge in [0.15, 0.2) is 0 Å². The van der Waals surface area contributed by atoms with Crippen molar-refractivity contribution in [2.75, 3.05) is 17.6 Å². The average Bonchev–Trinajstić information content (AvgIpc) is 2.41. The summed E-state index contributed by atoms with van der Waals surface area (Å²) in [7, 11) is 0. The van der Waals surface area contributed by atoms with Gasteiger partial charge in [0.2, 0.25) is 5.95 Å². The van der Waals surface area contributed by atoms with E-state index in [0.29, 0.717) is 5.02 Å². The van der Waals surface area contributed by atoms with E-state index in [9.17, 15) is 0 Å². The van der Waals surface area contributed by atoms with Gasteiger partial charge in [0.1, 0.15) is 5.82 Å². The molecular formula is C13H14ClN5. The van der Waals surface area contributed by atoms with Crippen molar-refractivity contribution in [1.29, 1.82) is 0 Å². The molecule has 98 valence electrons. The monoisotopic (exact) mass is 275 g/mol. The maximum absolute atomic E-state index is 6.14. The van der Waals surface area contributed by atoms with Crippen molar-refractivity contribution in [2.24, 2.45) is 0 Å². The number of benzene rings is 1. The summed E-state index contributed by atoms with van der Waals surface area (Å²) in [6, 6.07) is 7.55. The number of nitrogen functional groups attached to an aromatic ring is 1. The third-order valence-corrected chi connectivity index (χ3v) is 3.41. The van der Waals surface area contributed by atoms with Gasteiger partial charge in [-0.15, -0.1) is 0 Å². The van der Waals surface area contributed by atoms with E-state index >= 15 is 0 Å². The molecule has 1 aliphatic rings. The fourth-order valence-corrected chi connectivity index (χ4v) is 2.34. The number of anilines is 3. The van der Waals surface area contributed by atoms with Crippen LogP contribution in [0.4, 0.5) is 17.5 Å². The number of halogens is 1. The molecule has 4 N–H and O–H groups in total. The predicted molar refractivity (Wildman–Crippen MR) is 76.6 cm³/mol. The fraction of sp³-hybridized carbons (Fsp3) is 0.231. The van der Waals surface area contributed by atoms with Crippen LogP contribution in [-0.2, 0) is 13.0 Å². The molecule has 0 bridgehead atoms. The van der Waals surface area contributed by atoms with Crippen LogP contribution >= 0.6 is 11.6 Å². The minimum absolute atomic E-state index is 0.287. The highest BCUT2D eigenvalue weighted by Gasteiger charge is 2.17. The van der Waals surface area contributed by atoms with Crippen molar-refractivity contribution in [3.63, 3.8) is 0 Å². The van der Waals surface area contributed by atoms with Crippen LogP contribution in [0.25, 0.3) is 0 Å². The number of hydrogen-bond donors (Lipinski definition) is 3. The van der Waals surface area contributed by atoms with Crippen LogP contribution in [0.3, 0.4) is 0 Å². The molecule has 5 nitrogen and oxygen atoms in total. The molecule has 0 unspecified atom stereocenters. The predicted octanol–water partition coefficient (Wildman–Crippen LogP) is 2.10. The molecule has 0 radical (unpaired) electrons. The molecule has 1 aromatic heterocycles. The smallest absolute Gasteiger partial charge is 0.222 e. The minimum Gasteiger partial charge on any atom is -0.368 e. The number of nitrogens with two attached hydrogens (primary N) is 1. The van der Waals surface area contributed by atoms with Gasteiger partial charge in [-0.1, -0.05) is 23.7 Å². The van der Waals surface area contributed by atoms with Crippen molar-refractivity contribution in [3.05, 3.63) is 40.5 Å². The first-order chi connectivity index (χ1) is 9.24. The first-order valence-electron chi connectivity index (χ1n) is 6.11. The van der Waals surface area contributed by atoms with E-state index in [-0.39, 0.29) is 5.95 Å². The molecule has 0 atom stereocenters. The van der Waals surface area contributed by atoms with Crippen molar-refractivity contribution >= 4 is 29.1 Å². The highest BCUT2D eigenvalue weighted by atomic mass is 35.5. The Kier molecular flexibility index (Phi) is 3.23. The molecule has 0 saturated carbocycles. The average molecular weight is 276 g/mol. The lowest BCUT2D eigenvalue weighted by atomic mass is 10.1. The number of fused-ring (bicyclic) bond motifs is 1. The number of nitrogens with one attached hydrogen (secondary N) is 2. The summed E-state index contributed by atoms with van der Waals surface area (Å²) < 4.78 is 0. The standard InChI is InChI=1S/C13H14ClN5/c14-9-3-1-2-4-11(9)17-12-8-7-16-6-5-10(8)18-13(15)19-12/h1-4,16H,5-7H2,(H3,15,17,18,19). The first kappa shape index (κ1) is 12.2. The van der Waals surface area contributed by atoms with E-state index in [1.54, 1.807) is 0 Å². The number of hydrogen-bond acceptors (Lipinski definition) is 5. The highest BCUT2D eigenvalue weighted by molar-refractivity contribution is 6.33. The van der Waals surface area contributed by atoms with Crippen LogP contribution in [0, 0.1) is 0 Å². The molecule has 6 heteroatoms. The number of rotatable bonds is 2. The Hall–Kier alpha value is -1.85. The van der Waals surface area contributed by atoms with Crippen LogP contribution in [-0.4, -0.2) is 16.5 Å². The zero-order valence-electron chi connectivity index (χ0n) is 10.3. The van der Waals surface area contributed by atoms with Crippen LogP contribution in [0.2, 0.25) is 5.02 Å². The second-order valence-corrected chi connectivity index (χ2v) is 4.79. The summed E-state index contributed by atoms with van der Waals surface area (Å²) in [5.41, 5.74) is 8.63. The van der Waals surface area contributed by atoms with Gasteiger partial charge in [0.25, 0.3) is 0 Å². The lowest BCUT2D eigenvalue weighted by Gasteiger charge is -2.20. The van der Waals surface area contributed by atoms with Crippen LogP contribution in [0.5, 0.6) is 0 Å². The zero-order chi connectivity index (χ0) is 13.2. The van der Waals surface area contributed by atoms with Crippen molar-refractivity contribution in [1.82, 2.24) is 15.3 Å². The Labute approximate surface area is 116 Å². The van der Waals surface area contributed by atoms with E-state index in [4.69, 9.17) is 17.3 Å². The molecule has 1 aromatic carbocycles. The van der Waals surface area contributed by atoms with Gasteiger partial charge in [-0.3, -0.25) is 0 Å². The summed E-state index contributed by atoms with van der Waals surface area (Å²) in [5.74, 6) is 1.01. The maximum atomic E-state index is 6.14. The van der Waals surface area contributed by atoms with Gasteiger partial charge >= 0.3 is 0 Å². The second kappa shape index (κ2) is 5.03. The van der Waals surface area contributed by atoms with Crippen molar-refractivity contribution in [3.8, 4) is 0 Å². The van der Waals surface area contributed by atoms with Gasteiger partial charge in [-0.25, -0.2) is 4.98 Å². The van der Waals surface area contributed by atoms with E-state index < -0.39 is 0 Å². The van der Waals surface area contributed by atoms with Gasteiger partial charge in [0, 0.05) is 25.1 Å². The van der Waals surface area contributed by atoms with E-state index in [2.05, 4.69) is 20.6 Å². The van der Waals surface area contributed by atoms with Gasteiger partial charge in [-0.05, 0) is 12.1 Å². The van der Waals surface area contributed by atoms with Crippen molar-refractivity contribution in [2.45, 2.75) is 13.0 Å². The zero-order valence-corrected chi connectivity index (χ0v) is 11.0. The Morgan fingerprint density at radius 2 is 2.11 bits per heavy atom. The summed E-state index contributed by atoms with van der Waals surface area (Å²) in [5, 5.41) is 7.20. The topological polar surface area (TPSA) is 75.9 Å². The van der Waals surface area contributed by atoms with Gasteiger partial charge in [0.05, 0.1) is 16.4 Å². The Morgan fingerprint density at radius 1 is 1.26 bits per heavy atom. The highest BCUT2D eigenvalue weighted by Crippen LogP contribution is 2.28. The van der Waals surface area contributed by atoms with Gasteiger partial charge < -0.3 is 16.4 Å². The molecule has 3 rings (SSSR count). The molecule has 0 amide bonds. The van der Waals surface area contributed by atoms with Crippen LogP contribution in [0.15, 0.2) is 24.3 Å². The SMILES string of the molecule is Nc1nc2c(c(Nc3ccccc3Cl)n1)CNCC2. The summed E-state index contributed by atoms with van der Waals surface area (Å²) >= 11 is 6.14. The first-order valence-corrected chi connectivity index (χ1v) is 6.49. The van der Waals surface area contributed by atoms with Gasteiger partial charge in [-0.2, -0.15) is 4.98 Å². The molecule has 1 aliphatic heterocycles. The maximum Gasteiger partial charge on any atom is 0.222 e. The second-order valence-electron chi connectivity index (χ2n) is 4.39. The lowest BCUT2D eigenvalue weighted by Crippen LogP contribution is -2.26. The molecular weight excluding hydrogens is 262 g/mol. The molecule has 0 fully saturated rings. The lowest BCUT2D eigenvalue weighted by molar-refractivity contribution is 0.629. The Balaban J connectivity index is 2.01. The Bertz CT molecular complexity index is 614. The number of para-hydroxylation sites is 1. The number of aromatic nitrogens is 2. The summed E-state index contributed by atoms with van der Waals surface area (Å²) in [6.45, 7) is 1.65. The fourth-order valence-electron chi connectivity index (χ4n) is 2.16. The largest absolute Gasteiger partial charge is 0.368 e. The molecule has 0 saturated heterocycles. The number of nitrogens with zero attached hydrogens (tertiary/aromatic N) is 2. The van der Waals surface area contributed by atoms with E-state index in [1.165, 1.54) is 0 Å². The Morgan fingerprint density at radius 3 is 2.95 bits per heavy atom. The van der Waals surface area contributed by atoms with Crippen LogP contribution in [0.1, 0.15) is 11.3 Å². The molecule has 19 heavy (non-hydrogen) atoms. The van der Waals surface area contributed by atoms with E-state index in [1.807, 2.05) is 24.3 Å². The third-order valence-electron chi connectivity index (χ3n) is 3.08. The third kappa shape index (κ3) is 2.47. The normalized spacial score (nSPS) is 13.9. The van der Waals surface area contributed by atoms with Crippen LogP contribution < -0.4 is 16.4 Å². The van der Waals surface area contributed by atoms with Crippen molar-refractivity contribution < 1.29 is 0 Å². The van der Waals surface area contributed by atoms with E-state index in [0.717, 1.165) is 42.3 Å². The summed E-state index contributed by atoms with van der Waals surface area (Å²) in [4.78, 5) is 8.57. The minimum atomic E-state index is 0.287. The molecule has 0 spiro atoms. The molecule has 0 aliphatic carbocycles. The molecule has 2 heterocycles. The summed E-state index contributed by atoms with van der Waals surface area (Å²) in [6.07, 6.45) is 0.860.